The predicted molar refractivity (Wildman–Crippen MR) is 96.2 cm³/mol. The molecule has 7 heteroatoms. The van der Waals surface area contributed by atoms with Crippen LogP contribution in [0.25, 0.3) is 0 Å². The lowest BCUT2D eigenvalue weighted by atomic mass is 10.1. The average molecular weight is 370 g/mol. The van der Waals surface area contributed by atoms with Crippen LogP contribution in [0.15, 0.2) is 40.8 Å². The molecule has 1 fully saturated rings. The minimum Gasteiger partial charge on any atom is -0.484 e. The summed E-state index contributed by atoms with van der Waals surface area (Å²) in [6, 6.07) is 12.4. The fraction of sp³-hybridized carbons (Fsp3) is 0.400. The largest absolute Gasteiger partial charge is 0.484 e. The van der Waals surface area contributed by atoms with Crippen molar-refractivity contribution in [3.8, 4) is 11.8 Å². The van der Waals surface area contributed by atoms with E-state index in [1.807, 2.05) is 0 Å². The number of aliphatic hydroxyl groups excluding tert-OH is 1. The Hall–Kier alpha value is -2.82. The van der Waals surface area contributed by atoms with Crippen LogP contribution >= 0.6 is 0 Å². The van der Waals surface area contributed by atoms with Crippen molar-refractivity contribution in [3.63, 3.8) is 0 Å². The maximum atomic E-state index is 12.7. The number of benzene rings is 1. The van der Waals surface area contributed by atoms with Crippen LogP contribution in [0, 0.1) is 11.3 Å². The first kappa shape index (κ1) is 19.0. The molecule has 1 N–H and O–H groups in total. The van der Waals surface area contributed by atoms with Gasteiger partial charge in [-0.25, -0.2) is 0 Å². The highest BCUT2D eigenvalue weighted by Gasteiger charge is 2.26. The molecule has 1 saturated heterocycles. The highest BCUT2D eigenvalue weighted by atomic mass is 16.5. The summed E-state index contributed by atoms with van der Waals surface area (Å²) in [4.78, 5) is 14.4. The summed E-state index contributed by atoms with van der Waals surface area (Å²) in [6.45, 7) is 1.52. The van der Waals surface area contributed by atoms with E-state index < -0.39 is 0 Å². The number of nitrogens with zero attached hydrogens (tertiary/aromatic N) is 2. The number of nitriles is 1. The molecular weight excluding hydrogens is 348 g/mol. The normalized spacial score (nSPS) is 16.7. The number of ether oxygens (including phenoxy) is 2. The number of aliphatic hydroxyl groups is 1. The van der Waals surface area contributed by atoms with E-state index in [0.29, 0.717) is 30.2 Å². The summed E-state index contributed by atoms with van der Waals surface area (Å²) in [6.07, 6.45) is 1.66. The molecule has 1 aliphatic heterocycles. The molecule has 0 saturated carbocycles. The van der Waals surface area contributed by atoms with Crippen molar-refractivity contribution in [2.45, 2.75) is 25.6 Å². The first-order valence-electron chi connectivity index (χ1n) is 8.93. The summed E-state index contributed by atoms with van der Waals surface area (Å²) in [5.74, 6) is 1.06. The van der Waals surface area contributed by atoms with E-state index in [4.69, 9.17) is 24.3 Å². The van der Waals surface area contributed by atoms with Crippen molar-refractivity contribution in [3.05, 3.63) is 53.5 Å². The fourth-order valence-corrected chi connectivity index (χ4v) is 3.04. The molecule has 142 valence electrons. The quantitative estimate of drug-likeness (QED) is 0.804. The van der Waals surface area contributed by atoms with Gasteiger partial charge in [0, 0.05) is 13.1 Å². The van der Waals surface area contributed by atoms with Gasteiger partial charge in [-0.2, -0.15) is 5.26 Å². The summed E-state index contributed by atoms with van der Waals surface area (Å²) in [7, 11) is 0. The molecule has 0 spiro atoms. The number of hydrogen-bond donors (Lipinski definition) is 1. The minimum atomic E-state index is -0.184. The van der Waals surface area contributed by atoms with Gasteiger partial charge in [-0.05, 0) is 37.1 Å². The molecule has 0 aliphatic carbocycles. The van der Waals surface area contributed by atoms with Gasteiger partial charge in [0.25, 0.3) is 5.91 Å². The van der Waals surface area contributed by atoms with Crippen molar-refractivity contribution in [1.29, 1.82) is 5.26 Å². The molecular formula is C20H22N2O5. The smallest absolute Gasteiger partial charge is 0.289 e. The van der Waals surface area contributed by atoms with Crippen LogP contribution in [-0.2, 0) is 11.3 Å². The number of likely N-dealkylation sites (tertiary alicyclic amines) is 1. The molecule has 2 heterocycles. The van der Waals surface area contributed by atoms with Gasteiger partial charge >= 0.3 is 0 Å². The number of hydrogen-bond acceptors (Lipinski definition) is 6. The molecule has 1 unspecified atom stereocenters. The molecule has 1 amide bonds. The van der Waals surface area contributed by atoms with Gasteiger partial charge in [-0.15, -0.1) is 0 Å². The molecule has 7 nitrogen and oxygen atoms in total. The summed E-state index contributed by atoms with van der Waals surface area (Å²) >= 11 is 0. The van der Waals surface area contributed by atoms with Crippen LogP contribution in [0.5, 0.6) is 5.75 Å². The van der Waals surface area contributed by atoms with Crippen LogP contribution in [0.3, 0.4) is 0 Å². The number of furan rings is 1. The first-order chi connectivity index (χ1) is 13.2. The monoisotopic (exact) mass is 370 g/mol. The first-order valence-corrected chi connectivity index (χ1v) is 8.93. The van der Waals surface area contributed by atoms with Gasteiger partial charge in [-0.1, -0.05) is 12.1 Å². The molecule has 3 rings (SSSR count). The third-order valence-electron chi connectivity index (χ3n) is 4.36. The number of carbonyl (C=O) groups excluding carboxylic acids is 1. The van der Waals surface area contributed by atoms with Crippen molar-refractivity contribution < 1.29 is 23.8 Å². The molecule has 1 aromatic heterocycles. The lowest BCUT2D eigenvalue weighted by Gasteiger charge is -2.32. The van der Waals surface area contributed by atoms with Crippen molar-refractivity contribution in [2.75, 3.05) is 26.3 Å². The molecule has 1 aromatic carbocycles. The van der Waals surface area contributed by atoms with Crippen molar-refractivity contribution >= 4 is 5.91 Å². The number of rotatable bonds is 7. The van der Waals surface area contributed by atoms with Gasteiger partial charge in [0.1, 0.15) is 24.2 Å². The Bertz CT molecular complexity index is 811. The zero-order valence-electron chi connectivity index (χ0n) is 15.0. The maximum absolute atomic E-state index is 12.7. The van der Waals surface area contributed by atoms with Crippen LogP contribution in [0.2, 0.25) is 0 Å². The second-order valence-corrected chi connectivity index (χ2v) is 6.27. The number of piperidine rings is 1. The lowest BCUT2D eigenvalue weighted by Crippen LogP contribution is -2.43. The molecule has 27 heavy (non-hydrogen) atoms. The van der Waals surface area contributed by atoms with Gasteiger partial charge in [0.2, 0.25) is 0 Å². The Balaban J connectivity index is 1.58. The van der Waals surface area contributed by atoms with E-state index in [0.717, 1.165) is 12.8 Å². The van der Waals surface area contributed by atoms with E-state index in [9.17, 15) is 4.79 Å². The topological polar surface area (TPSA) is 95.9 Å². The van der Waals surface area contributed by atoms with Gasteiger partial charge < -0.3 is 23.9 Å². The number of para-hydroxylation sites is 1. The summed E-state index contributed by atoms with van der Waals surface area (Å²) < 4.78 is 16.8. The van der Waals surface area contributed by atoms with Crippen molar-refractivity contribution in [2.24, 2.45) is 0 Å². The van der Waals surface area contributed by atoms with Crippen LogP contribution < -0.4 is 4.74 Å². The molecule has 2 aromatic rings. The summed E-state index contributed by atoms with van der Waals surface area (Å²) in [5.41, 5.74) is 0.447. The molecule has 1 atom stereocenters. The minimum absolute atomic E-state index is 0.0269. The van der Waals surface area contributed by atoms with E-state index in [1.54, 1.807) is 41.3 Å². The maximum Gasteiger partial charge on any atom is 0.289 e. The number of carbonyl (C=O) groups is 1. The summed E-state index contributed by atoms with van der Waals surface area (Å²) in [5, 5.41) is 18.0. The zero-order chi connectivity index (χ0) is 19.1. The Labute approximate surface area is 157 Å². The highest BCUT2D eigenvalue weighted by Crippen LogP contribution is 2.21. The Morgan fingerprint density at radius 3 is 3.00 bits per heavy atom. The zero-order valence-corrected chi connectivity index (χ0v) is 15.0. The SMILES string of the molecule is N#Cc1ccccc1OCc1ccc(C(=O)N2CCCC(OCCO)C2)o1. The third kappa shape index (κ3) is 4.88. The third-order valence-corrected chi connectivity index (χ3v) is 4.36. The van der Waals surface area contributed by atoms with Gasteiger partial charge in [0.05, 0.1) is 24.9 Å². The lowest BCUT2D eigenvalue weighted by molar-refractivity contribution is -0.0118. The second-order valence-electron chi connectivity index (χ2n) is 6.27. The fourth-order valence-electron chi connectivity index (χ4n) is 3.04. The second kappa shape index (κ2) is 9.21. The van der Waals surface area contributed by atoms with Crippen LogP contribution in [0.1, 0.15) is 34.7 Å². The molecule has 0 radical (unpaired) electrons. The van der Waals surface area contributed by atoms with Crippen LogP contribution in [0.4, 0.5) is 0 Å². The Morgan fingerprint density at radius 2 is 2.19 bits per heavy atom. The van der Waals surface area contributed by atoms with E-state index >= 15 is 0 Å². The predicted octanol–water partition coefficient (Wildman–Crippen LogP) is 2.34. The molecule has 1 aliphatic rings. The van der Waals surface area contributed by atoms with Crippen molar-refractivity contribution in [1.82, 2.24) is 4.90 Å². The van der Waals surface area contributed by atoms with Gasteiger partial charge in [-0.3, -0.25) is 4.79 Å². The Morgan fingerprint density at radius 1 is 1.33 bits per heavy atom. The van der Waals surface area contributed by atoms with Crippen LogP contribution in [-0.4, -0.2) is 48.3 Å². The standard InChI is InChI=1S/C20H22N2O5/c21-12-15-4-1-2-6-18(15)26-14-17-7-8-19(27-17)20(24)22-9-3-5-16(13-22)25-11-10-23/h1-2,4,6-8,16,23H,3,5,9-11,13-14H2. The highest BCUT2D eigenvalue weighted by molar-refractivity contribution is 5.91. The Kier molecular flexibility index (Phi) is 6.47. The number of amides is 1. The van der Waals surface area contributed by atoms with E-state index in [1.165, 1.54) is 0 Å². The van der Waals surface area contributed by atoms with Gasteiger partial charge in [0.15, 0.2) is 5.76 Å². The van der Waals surface area contributed by atoms with E-state index in [-0.39, 0.29) is 37.6 Å². The average Bonchev–Trinajstić information content (AvgIpc) is 3.19. The molecule has 0 bridgehead atoms. The van der Waals surface area contributed by atoms with E-state index in [2.05, 4.69) is 6.07 Å².